The lowest BCUT2D eigenvalue weighted by molar-refractivity contribution is -0.144. The number of rotatable bonds is 7. The van der Waals surface area contributed by atoms with Crippen molar-refractivity contribution < 1.29 is 14.3 Å². The Hall–Kier alpha value is -1.36. The summed E-state index contributed by atoms with van der Waals surface area (Å²) in [6.07, 6.45) is 2.84. The smallest absolute Gasteiger partial charge is 0.307 e. The molecule has 0 unspecified atom stereocenters. The molecule has 20 heavy (non-hydrogen) atoms. The van der Waals surface area contributed by atoms with Crippen molar-refractivity contribution in [1.29, 1.82) is 0 Å². The van der Waals surface area contributed by atoms with Crippen LogP contribution in [-0.2, 0) is 20.7 Å². The van der Waals surface area contributed by atoms with Crippen molar-refractivity contribution in [2.24, 2.45) is 0 Å². The van der Waals surface area contributed by atoms with Crippen molar-refractivity contribution in [3.63, 3.8) is 0 Å². The Kier molecular flexibility index (Phi) is 5.17. The van der Waals surface area contributed by atoms with Crippen LogP contribution in [0, 0.1) is 6.92 Å². The van der Waals surface area contributed by atoms with Crippen LogP contribution in [0.15, 0.2) is 12.1 Å². The summed E-state index contributed by atoms with van der Waals surface area (Å²) in [6, 6.07) is 4.37. The molecule has 1 aliphatic rings. The zero-order valence-electron chi connectivity index (χ0n) is 12.1. The van der Waals surface area contributed by atoms with Crippen LogP contribution in [0.25, 0.3) is 0 Å². The molecule has 1 aliphatic carbocycles. The molecule has 1 amide bonds. The SMILES string of the molecule is CCOC(=O)CCN(C(=O)Cc1ccc(C)s1)C1CC1. The molecule has 0 atom stereocenters. The summed E-state index contributed by atoms with van der Waals surface area (Å²) in [5, 5.41) is 0. The first-order valence-electron chi connectivity index (χ1n) is 7.10. The van der Waals surface area contributed by atoms with E-state index in [0.717, 1.165) is 17.7 Å². The van der Waals surface area contributed by atoms with Gasteiger partial charge < -0.3 is 9.64 Å². The van der Waals surface area contributed by atoms with Crippen LogP contribution in [0.5, 0.6) is 0 Å². The van der Waals surface area contributed by atoms with Crippen molar-refractivity contribution in [2.75, 3.05) is 13.2 Å². The van der Waals surface area contributed by atoms with Gasteiger partial charge in [0.05, 0.1) is 19.4 Å². The molecular weight excluding hydrogens is 274 g/mol. The maximum absolute atomic E-state index is 12.4. The quantitative estimate of drug-likeness (QED) is 0.726. The minimum absolute atomic E-state index is 0.124. The highest BCUT2D eigenvalue weighted by molar-refractivity contribution is 7.12. The maximum atomic E-state index is 12.4. The van der Waals surface area contributed by atoms with E-state index in [1.54, 1.807) is 18.3 Å². The van der Waals surface area contributed by atoms with Gasteiger partial charge in [-0.05, 0) is 38.8 Å². The van der Waals surface area contributed by atoms with Gasteiger partial charge in [-0.15, -0.1) is 11.3 Å². The fourth-order valence-electron chi connectivity index (χ4n) is 2.17. The second-order valence-electron chi connectivity index (χ2n) is 5.06. The number of nitrogens with zero attached hydrogens (tertiary/aromatic N) is 1. The van der Waals surface area contributed by atoms with Crippen molar-refractivity contribution in [2.45, 2.75) is 45.6 Å². The minimum Gasteiger partial charge on any atom is -0.466 e. The Morgan fingerprint density at radius 2 is 2.15 bits per heavy atom. The van der Waals surface area contributed by atoms with Crippen LogP contribution in [0.2, 0.25) is 0 Å². The van der Waals surface area contributed by atoms with E-state index in [2.05, 4.69) is 0 Å². The number of hydrogen-bond acceptors (Lipinski definition) is 4. The number of ether oxygens (including phenoxy) is 1. The van der Waals surface area contributed by atoms with Crippen molar-refractivity contribution in [3.05, 3.63) is 21.9 Å². The zero-order valence-corrected chi connectivity index (χ0v) is 12.9. The molecule has 1 aromatic rings. The van der Waals surface area contributed by atoms with Crippen LogP contribution in [0.3, 0.4) is 0 Å². The molecule has 1 aromatic heterocycles. The Balaban J connectivity index is 1.87. The predicted octanol–water partition coefficient (Wildman–Crippen LogP) is 2.54. The summed E-state index contributed by atoms with van der Waals surface area (Å²) in [6.45, 7) is 4.70. The fraction of sp³-hybridized carbons (Fsp3) is 0.600. The van der Waals surface area contributed by atoms with Gasteiger partial charge in [0.2, 0.25) is 5.91 Å². The topological polar surface area (TPSA) is 46.6 Å². The summed E-state index contributed by atoms with van der Waals surface area (Å²) < 4.78 is 4.92. The van der Waals surface area contributed by atoms with Gasteiger partial charge in [-0.2, -0.15) is 0 Å². The van der Waals surface area contributed by atoms with Crippen molar-refractivity contribution in [3.8, 4) is 0 Å². The van der Waals surface area contributed by atoms with Crippen LogP contribution >= 0.6 is 11.3 Å². The number of esters is 1. The van der Waals surface area contributed by atoms with E-state index in [0.29, 0.717) is 32.0 Å². The second-order valence-corrected chi connectivity index (χ2v) is 6.43. The van der Waals surface area contributed by atoms with Gasteiger partial charge in [-0.3, -0.25) is 9.59 Å². The summed E-state index contributed by atoms with van der Waals surface area (Å²) >= 11 is 1.66. The van der Waals surface area contributed by atoms with Crippen LogP contribution < -0.4 is 0 Å². The lowest BCUT2D eigenvalue weighted by Crippen LogP contribution is -2.36. The Bertz CT molecular complexity index is 479. The Morgan fingerprint density at radius 3 is 2.70 bits per heavy atom. The summed E-state index contributed by atoms with van der Waals surface area (Å²) in [4.78, 5) is 27.9. The monoisotopic (exact) mass is 295 g/mol. The van der Waals surface area contributed by atoms with Crippen LogP contribution in [0.4, 0.5) is 0 Å². The molecule has 0 aromatic carbocycles. The van der Waals surface area contributed by atoms with Gasteiger partial charge in [0.25, 0.3) is 0 Å². The second kappa shape index (κ2) is 6.88. The standard InChI is InChI=1S/C15H21NO3S/c1-3-19-15(18)8-9-16(12-5-6-12)14(17)10-13-7-4-11(2)20-13/h4,7,12H,3,5-6,8-10H2,1-2H3. The lowest BCUT2D eigenvalue weighted by atomic mass is 10.2. The average molecular weight is 295 g/mol. The molecule has 0 spiro atoms. The van der Waals surface area contributed by atoms with Crippen LogP contribution in [-0.4, -0.2) is 36.0 Å². The van der Waals surface area contributed by atoms with Gasteiger partial charge in [0.15, 0.2) is 0 Å². The molecule has 1 fully saturated rings. The van der Waals surface area contributed by atoms with E-state index in [9.17, 15) is 9.59 Å². The molecular formula is C15H21NO3S. The molecule has 0 bridgehead atoms. The van der Waals surface area contributed by atoms with Crippen molar-refractivity contribution >= 4 is 23.2 Å². The molecule has 5 heteroatoms. The number of thiophene rings is 1. The molecule has 0 saturated heterocycles. The lowest BCUT2D eigenvalue weighted by Gasteiger charge is -2.21. The number of carbonyl (C=O) groups excluding carboxylic acids is 2. The molecule has 4 nitrogen and oxygen atoms in total. The van der Waals surface area contributed by atoms with Crippen molar-refractivity contribution in [1.82, 2.24) is 4.90 Å². The number of hydrogen-bond donors (Lipinski definition) is 0. The number of aryl methyl sites for hydroxylation is 1. The van der Waals surface area contributed by atoms with Gasteiger partial charge in [0, 0.05) is 22.3 Å². The fourth-order valence-corrected chi connectivity index (χ4v) is 3.05. The number of amides is 1. The normalized spacial score (nSPS) is 14.1. The highest BCUT2D eigenvalue weighted by atomic mass is 32.1. The minimum atomic E-state index is -0.224. The van der Waals surface area contributed by atoms with Gasteiger partial charge in [-0.1, -0.05) is 0 Å². The first kappa shape index (κ1) is 15.0. The number of carbonyl (C=O) groups is 2. The summed E-state index contributed by atoms with van der Waals surface area (Å²) in [7, 11) is 0. The summed E-state index contributed by atoms with van der Waals surface area (Å²) in [5.74, 6) is -0.100. The third-order valence-electron chi connectivity index (χ3n) is 3.29. The largest absolute Gasteiger partial charge is 0.466 e. The molecule has 1 saturated carbocycles. The zero-order chi connectivity index (χ0) is 14.5. The Morgan fingerprint density at radius 1 is 1.40 bits per heavy atom. The third kappa shape index (κ3) is 4.34. The molecule has 110 valence electrons. The third-order valence-corrected chi connectivity index (χ3v) is 4.29. The molecule has 0 N–H and O–H groups in total. The van der Waals surface area contributed by atoms with E-state index in [4.69, 9.17) is 4.74 Å². The van der Waals surface area contributed by atoms with E-state index < -0.39 is 0 Å². The molecule has 1 heterocycles. The first-order chi connectivity index (χ1) is 9.60. The highest BCUT2D eigenvalue weighted by Crippen LogP contribution is 2.28. The van der Waals surface area contributed by atoms with E-state index >= 15 is 0 Å². The Labute approximate surface area is 123 Å². The van der Waals surface area contributed by atoms with Crippen LogP contribution in [0.1, 0.15) is 35.9 Å². The molecule has 0 radical (unpaired) electrons. The van der Waals surface area contributed by atoms with E-state index in [1.807, 2.05) is 24.0 Å². The average Bonchev–Trinajstić information content (AvgIpc) is 3.14. The predicted molar refractivity (Wildman–Crippen MR) is 78.7 cm³/mol. The maximum Gasteiger partial charge on any atom is 0.307 e. The van der Waals surface area contributed by atoms with Gasteiger partial charge >= 0.3 is 5.97 Å². The van der Waals surface area contributed by atoms with Gasteiger partial charge in [0.1, 0.15) is 0 Å². The highest BCUT2D eigenvalue weighted by Gasteiger charge is 2.32. The first-order valence-corrected chi connectivity index (χ1v) is 7.92. The van der Waals surface area contributed by atoms with E-state index in [-0.39, 0.29) is 11.9 Å². The molecule has 2 rings (SSSR count). The molecule has 0 aliphatic heterocycles. The van der Waals surface area contributed by atoms with Gasteiger partial charge in [-0.25, -0.2) is 0 Å². The summed E-state index contributed by atoms with van der Waals surface area (Å²) in [5.41, 5.74) is 0. The van der Waals surface area contributed by atoms with E-state index in [1.165, 1.54) is 4.88 Å².